The normalized spacial score (nSPS) is 17.1. The van der Waals surface area contributed by atoms with Gasteiger partial charge in [0.2, 0.25) is 0 Å². The molecule has 5 nitrogen and oxygen atoms in total. The van der Waals surface area contributed by atoms with Crippen molar-refractivity contribution in [2.45, 2.75) is 6.92 Å². The number of phenolic OH excluding ortho intramolecular Hbond substituents is 1. The fourth-order valence-electron chi connectivity index (χ4n) is 2.15. The second-order valence-corrected chi connectivity index (χ2v) is 7.31. The van der Waals surface area contributed by atoms with Crippen LogP contribution in [0.3, 0.4) is 0 Å². The van der Waals surface area contributed by atoms with Crippen LogP contribution in [0.15, 0.2) is 52.4 Å². The number of hydrogen-bond acceptors (Lipinski definition) is 5. The Hall–Kier alpha value is -2.00. The molecule has 0 spiro atoms. The third-order valence-electron chi connectivity index (χ3n) is 3.30. The Morgan fingerprint density at radius 1 is 1.28 bits per heavy atom. The molecule has 1 fully saturated rings. The molecule has 1 amide bonds. The second kappa shape index (κ2) is 7.92. The minimum absolute atomic E-state index is 0.196. The first-order valence-electron chi connectivity index (χ1n) is 7.56. The Labute approximate surface area is 163 Å². The van der Waals surface area contributed by atoms with Crippen molar-refractivity contribution in [1.29, 1.82) is 0 Å². The minimum atomic E-state index is -0.201. The van der Waals surface area contributed by atoms with Crippen LogP contribution in [-0.2, 0) is 4.79 Å². The van der Waals surface area contributed by atoms with E-state index in [0.29, 0.717) is 16.7 Å². The first-order chi connectivity index (χ1) is 12.0. The van der Waals surface area contributed by atoms with E-state index in [2.05, 4.69) is 10.3 Å². The maximum Gasteiger partial charge on any atom is 0.264 e. The summed E-state index contributed by atoms with van der Waals surface area (Å²) in [6, 6.07) is 12.6. The Balaban J connectivity index is 1.77. The van der Waals surface area contributed by atoms with Gasteiger partial charge >= 0.3 is 0 Å². The van der Waals surface area contributed by atoms with Crippen LogP contribution in [-0.4, -0.2) is 22.8 Å². The van der Waals surface area contributed by atoms with Crippen LogP contribution >= 0.6 is 34.4 Å². The van der Waals surface area contributed by atoms with Gasteiger partial charge in [0.25, 0.3) is 5.91 Å². The number of benzene rings is 2. The maximum absolute atomic E-state index is 12.1. The minimum Gasteiger partial charge on any atom is -0.507 e. The lowest BCUT2D eigenvalue weighted by molar-refractivity contribution is -0.115. The van der Waals surface area contributed by atoms with Crippen molar-refractivity contribution in [1.82, 2.24) is 5.32 Å². The zero-order valence-electron chi connectivity index (χ0n) is 13.3. The van der Waals surface area contributed by atoms with E-state index in [1.54, 1.807) is 18.2 Å². The average molecular weight is 466 g/mol. The smallest absolute Gasteiger partial charge is 0.264 e. The van der Waals surface area contributed by atoms with Crippen LogP contribution in [0.5, 0.6) is 11.5 Å². The highest BCUT2D eigenvalue weighted by Crippen LogP contribution is 2.30. The lowest BCUT2D eigenvalue weighted by atomic mass is 10.2. The molecular weight excluding hydrogens is 451 g/mol. The molecule has 7 heteroatoms. The van der Waals surface area contributed by atoms with Gasteiger partial charge in [-0.3, -0.25) is 4.79 Å². The van der Waals surface area contributed by atoms with Gasteiger partial charge in [-0.05, 0) is 89.3 Å². The lowest BCUT2D eigenvalue weighted by Gasteiger charge is -2.02. The predicted octanol–water partition coefficient (Wildman–Crippen LogP) is 4.29. The standard InChI is InChI=1S/C18H15IN2O3S/c1-2-24-13-6-4-12(5-7-13)20-18-21-17(23)16(25-18)10-11-3-8-14(19)15(22)9-11/h3-10,22H,2H2,1H3,(H,20,21,23). The van der Waals surface area contributed by atoms with Gasteiger partial charge < -0.3 is 15.2 Å². The van der Waals surface area contributed by atoms with Gasteiger partial charge in [0.05, 0.1) is 20.8 Å². The van der Waals surface area contributed by atoms with Crippen LogP contribution in [0.25, 0.3) is 6.08 Å². The molecule has 3 rings (SSSR count). The number of hydrogen-bond donors (Lipinski definition) is 2. The molecule has 2 aromatic rings. The van der Waals surface area contributed by atoms with Crippen LogP contribution in [0.2, 0.25) is 0 Å². The number of ether oxygens (including phenoxy) is 1. The largest absolute Gasteiger partial charge is 0.507 e. The summed E-state index contributed by atoms with van der Waals surface area (Å²) in [5, 5.41) is 13.0. The number of halogens is 1. The molecule has 25 heavy (non-hydrogen) atoms. The van der Waals surface area contributed by atoms with Crippen LogP contribution < -0.4 is 10.1 Å². The van der Waals surface area contributed by atoms with Crippen LogP contribution in [0, 0.1) is 3.57 Å². The van der Waals surface area contributed by atoms with Gasteiger partial charge in [0.15, 0.2) is 5.17 Å². The first-order valence-corrected chi connectivity index (χ1v) is 9.45. The number of amidine groups is 1. The molecule has 1 aliphatic rings. The highest BCUT2D eigenvalue weighted by molar-refractivity contribution is 14.1. The summed E-state index contributed by atoms with van der Waals surface area (Å²) in [6.07, 6.45) is 1.73. The third kappa shape index (κ3) is 4.55. The zero-order valence-corrected chi connectivity index (χ0v) is 16.3. The topological polar surface area (TPSA) is 70.9 Å². The van der Waals surface area contributed by atoms with Crippen molar-refractivity contribution >= 4 is 57.2 Å². The van der Waals surface area contributed by atoms with E-state index in [0.717, 1.165) is 20.6 Å². The fraction of sp³-hybridized carbons (Fsp3) is 0.111. The molecule has 1 heterocycles. The third-order valence-corrected chi connectivity index (χ3v) is 5.12. The molecule has 0 saturated carbocycles. The quantitative estimate of drug-likeness (QED) is 0.521. The van der Waals surface area contributed by atoms with E-state index in [9.17, 15) is 9.90 Å². The summed E-state index contributed by atoms with van der Waals surface area (Å²) < 4.78 is 6.16. The molecule has 0 atom stereocenters. The number of thioether (sulfide) groups is 1. The summed E-state index contributed by atoms with van der Waals surface area (Å²) in [5.41, 5.74) is 1.50. The first kappa shape index (κ1) is 17.8. The van der Waals surface area contributed by atoms with Crippen molar-refractivity contribution in [3.8, 4) is 11.5 Å². The van der Waals surface area contributed by atoms with Crippen molar-refractivity contribution in [3.05, 3.63) is 56.5 Å². The van der Waals surface area contributed by atoms with Gasteiger partial charge in [-0.25, -0.2) is 4.99 Å². The number of nitrogens with zero attached hydrogens (tertiary/aromatic N) is 1. The van der Waals surface area contributed by atoms with Crippen molar-refractivity contribution in [3.63, 3.8) is 0 Å². The summed E-state index contributed by atoms with van der Waals surface area (Å²) in [7, 11) is 0. The van der Waals surface area contributed by atoms with Gasteiger partial charge in [-0.1, -0.05) is 6.07 Å². The molecule has 0 unspecified atom stereocenters. The molecular formula is C18H15IN2O3S. The lowest BCUT2D eigenvalue weighted by Crippen LogP contribution is -2.19. The number of aromatic hydroxyl groups is 1. The summed E-state index contributed by atoms with van der Waals surface area (Å²) in [6.45, 7) is 2.54. The Kier molecular flexibility index (Phi) is 5.64. The number of amides is 1. The van der Waals surface area contributed by atoms with Crippen molar-refractivity contribution in [2.75, 3.05) is 6.61 Å². The summed E-state index contributed by atoms with van der Waals surface area (Å²) in [4.78, 5) is 17.1. The Morgan fingerprint density at radius 2 is 2.04 bits per heavy atom. The fourth-order valence-corrected chi connectivity index (χ4v) is 3.33. The molecule has 1 aliphatic heterocycles. The van der Waals surface area contributed by atoms with E-state index < -0.39 is 0 Å². The number of phenols is 1. The van der Waals surface area contributed by atoms with E-state index in [-0.39, 0.29) is 11.7 Å². The van der Waals surface area contributed by atoms with E-state index in [4.69, 9.17) is 4.74 Å². The second-order valence-electron chi connectivity index (χ2n) is 5.12. The molecule has 1 saturated heterocycles. The van der Waals surface area contributed by atoms with E-state index in [1.165, 1.54) is 11.8 Å². The Morgan fingerprint density at radius 3 is 2.72 bits per heavy atom. The summed E-state index contributed by atoms with van der Waals surface area (Å²) in [5.74, 6) is 0.781. The number of aliphatic imine (C=N–C) groups is 1. The van der Waals surface area contributed by atoms with Crippen molar-refractivity contribution < 1.29 is 14.6 Å². The highest BCUT2D eigenvalue weighted by atomic mass is 127. The van der Waals surface area contributed by atoms with Gasteiger partial charge in [0, 0.05) is 0 Å². The van der Waals surface area contributed by atoms with E-state index in [1.807, 2.05) is 59.8 Å². The molecule has 0 radical (unpaired) electrons. The molecule has 128 valence electrons. The monoisotopic (exact) mass is 466 g/mol. The molecule has 0 aliphatic carbocycles. The summed E-state index contributed by atoms with van der Waals surface area (Å²) >= 11 is 3.32. The highest BCUT2D eigenvalue weighted by Gasteiger charge is 2.23. The van der Waals surface area contributed by atoms with Crippen molar-refractivity contribution in [2.24, 2.45) is 4.99 Å². The number of rotatable bonds is 4. The van der Waals surface area contributed by atoms with Gasteiger partial charge in [0.1, 0.15) is 11.5 Å². The molecule has 2 aromatic carbocycles. The average Bonchev–Trinajstić information content (AvgIpc) is 2.92. The molecule has 2 N–H and O–H groups in total. The molecule has 0 bridgehead atoms. The SMILES string of the molecule is CCOc1ccc(N=C2NC(=O)C(=Cc3ccc(I)c(O)c3)S2)cc1. The van der Waals surface area contributed by atoms with Gasteiger partial charge in [-0.15, -0.1) is 0 Å². The van der Waals surface area contributed by atoms with Crippen LogP contribution in [0.4, 0.5) is 5.69 Å². The number of nitrogens with one attached hydrogen (secondary N) is 1. The number of carbonyl (C=O) groups is 1. The van der Waals surface area contributed by atoms with E-state index >= 15 is 0 Å². The Bertz CT molecular complexity index is 863. The number of carbonyl (C=O) groups excluding carboxylic acids is 1. The maximum atomic E-state index is 12.1. The predicted molar refractivity (Wildman–Crippen MR) is 109 cm³/mol. The van der Waals surface area contributed by atoms with Gasteiger partial charge in [-0.2, -0.15) is 0 Å². The molecule has 0 aromatic heterocycles. The zero-order chi connectivity index (χ0) is 17.8. The van der Waals surface area contributed by atoms with Crippen LogP contribution in [0.1, 0.15) is 12.5 Å².